The smallest absolute Gasteiger partial charge is 0.157 e. The van der Waals surface area contributed by atoms with Gasteiger partial charge in [-0.2, -0.15) is 5.26 Å². The van der Waals surface area contributed by atoms with Crippen molar-refractivity contribution in [2.45, 2.75) is 39.5 Å². The van der Waals surface area contributed by atoms with Crippen LogP contribution in [0.15, 0.2) is 24.3 Å². The zero-order chi connectivity index (χ0) is 12.8. The molecule has 90 valence electrons. The van der Waals surface area contributed by atoms with Crippen LogP contribution in [-0.2, 0) is 4.79 Å². The molecule has 0 spiro atoms. The SMILES string of the molecule is CCCC(C)C(=O)C(C#N)c1ccccc1C. The fourth-order valence-electron chi connectivity index (χ4n) is 2.06. The molecule has 2 nitrogen and oxygen atoms in total. The van der Waals surface area contributed by atoms with Crippen LogP contribution in [0, 0.1) is 24.2 Å². The van der Waals surface area contributed by atoms with Crippen molar-refractivity contribution in [3.05, 3.63) is 35.4 Å². The van der Waals surface area contributed by atoms with Gasteiger partial charge in [-0.25, -0.2) is 0 Å². The molecule has 2 heteroatoms. The molecule has 0 aromatic heterocycles. The first-order valence-corrected chi connectivity index (χ1v) is 6.10. The highest BCUT2D eigenvalue weighted by Crippen LogP contribution is 2.24. The first kappa shape index (κ1) is 13.4. The quantitative estimate of drug-likeness (QED) is 0.774. The Balaban J connectivity index is 2.98. The van der Waals surface area contributed by atoms with E-state index in [4.69, 9.17) is 0 Å². The van der Waals surface area contributed by atoms with E-state index in [2.05, 4.69) is 13.0 Å². The second kappa shape index (κ2) is 6.20. The Morgan fingerprint density at radius 1 is 1.41 bits per heavy atom. The van der Waals surface area contributed by atoms with Crippen LogP contribution in [0.5, 0.6) is 0 Å². The summed E-state index contributed by atoms with van der Waals surface area (Å²) in [5, 5.41) is 9.22. The second-order valence-electron chi connectivity index (χ2n) is 4.51. The van der Waals surface area contributed by atoms with Gasteiger partial charge >= 0.3 is 0 Å². The van der Waals surface area contributed by atoms with E-state index in [0.29, 0.717) is 0 Å². The maximum Gasteiger partial charge on any atom is 0.157 e. The number of benzene rings is 1. The minimum atomic E-state index is -0.613. The first-order valence-electron chi connectivity index (χ1n) is 6.10. The number of ketones is 1. The summed E-state index contributed by atoms with van der Waals surface area (Å²) >= 11 is 0. The fourth-order valence-corrected chi connectivity index (χ4v) is 2.06. The summed E-state index contributed by atoms with van der Waals surface area (Å²) in [6.07, 6.45) is 1.82. The van der Waals surface area contributed by atoms with E-state index < -0.39 is 5.92 Å². The molecule has 0 radical (unpaired) electrons. The molecule has 0 aliphatic carbocycles. The summed E-state index contributed by atoms with van der Waals surface area (Å²) in [7, 11) is 0. The number of aryl methyl sites for hydroxylation is 1. The molecule has 0 saturated carbocycles. The highest BCUT2D eigenvalue weighted by atomic mass is 16.1. The van der Waals surface area contributed by atoms with E-state index >= 15 is 0 Å². The van der Waals surface area contributed by atoms with Gasteiger partial charge in [-0.05, 0) is 24.5 Å². The van der Waals surface area contributed by atoms with E-state index in [9.17, 15) is 10.1 Å². The molecule has 17 heavy (non-hydrogen) atoms. The van der Waals surface area contributed by atoms with E-state index in [-0.39, 0.29) is 11.7 Å². The van der Waals surface area contributed by atoms with Gasteiger partial charge in [-0.3, -0.25) is 4.79 Å². The second-order valence-corrected chi connectivity index (χ2v) is 4.51. The topological polar surface area (TPSA) is 40.9 Å². The van der Waals surface area contributed by atoms with Crippen LogP contribution in [0.3, 0.4) is 0 Å². The molecule has 0 fully saturated rings. The average Bonchev–Trinajstić information content (AvgIpc) is 2.32. The van der Waals surface area contributed by atoms with Gasteiger partial charge in [0.1, 0.15) is 5.92 Å². The molecule has 1 aromatic carbocycles. The van der Waals surface area contributed by atoms with Crippen LogP contribution in [0.1, 0.15) is 43.7 Å². The summed E-state index contributed by atoms with van der Waals surface area (Å²) in [4.78, 5) is 12.2. The van der Waals surface area contributed by atoms with Crippen molar-refractivity contribution >= 4 is 5.78 Å². The highest BCUT2D eigenvalue weighted by Gasteiger charge is 2.25. The standard InChI is InChI=1S/C15H19NO/c1-4-7-12(3)15(17)14(10-16)13-9-6-5-8-11(13)2/h5-6,8-9,12,14H,4,7H2,1-3H3. The third-order valence-electron chi connectivity index (χ3n) is 3.12. The van der Waals surface area contributed by atoms with Gasteiger partial charge < -0.3 is 0 Å². The Morgan fingerprint density at radius 3 is 2.59 bits per heavy atom. The molecule has 0 N–H and O–H groups in total. The van der Waals surface area contributed by atoms with Crippen molar-refractivity contribution in [3.63, 3.8) is 0 Å². The van der Waals surface area contributed by atoms with Gasteiger partial charge in [-0.1, -0.05) is 44.5 Å². The van der Waals surface area contributed by atoms with Gasteiger partial charge in [0.25, 0.3) is 0 Å². The third-order valence-corrected chi connectivity index (χ3v) is 3.12. The van der Waals surface area contributed by atoms with Crippen molar-refractivity contribution in [2.75, 3.05) is 0 Å². The van der Waals surface area contributed by atoms with Crippen molar-refractivity contribution in [2.24, 2.45) is 5.92 Å². The monoisotopic (exact) mass is 229 g/mol. The molecule has 1 aromatic rings. The number of rotatable bonds is 5. The Hall–Kier alpha value is -1.62. The summed E-state index contributed by atoms with van der Waals surface area (Å²) in [6.45, 7) is 5.91. The van der Waals surface area contributed by atoms with Gasteiger partial charge in [0, 0.05) is 5.92 Å². The molecule has 0 saturated heterocycles. The summed E-state index contributed by atoms with van der Waals surface area (Å²) in [6, 6.07) is 9.77. The lowest BCUT2D eigenvalue weighted by Gasteiger charge is -2.15. The zero-order valence-corrected chi connectivity index (χ0v) is 10.7. The summed E-state index contributed by atoms with van der Waals surface area (Å²) in [5.41, 5.74) is 1.86. The van der Waals surface area contributed by atoms with Crippen LogP contribution in [0.2, 0.25) is 0 Å². The average molecular weight is 229 g/mol. The normalized spacial score (nSPS) is 13.8. The van der Waals surface area contributed by atoms with Crippen LogP contribution < -0.4 is 0 Å². The van der Waals surface area contributed by atoms with Gasteiger partial charge in [0.15, 0.2) is 5.78 Å². The number of hydrogen-bond acceptors (Lipinski definition) is 2. The molecular formula is C15H19NO. The molecule has 2 atom stereocenters. The summed E-state index contributed by atoms with van der Waals surface area (Å²) in [5.74, 6) is -0.606. The van der Waals surface area contributed by atoms with E-state index in [1.54, 1.807) is 0 Å². The van der Waals surface area contributed by atoms with Crippen LogP contribution in [0.4, 0.5) is 0 Å². The Kier molecular flexibility index (Phi) is 4.90. The van der Waals surface area contributed by atoms with Crippen molar-refractivity contribution in [1.82, 2.24) is 0 Å². The fraction of sp³-hybridized carbons (Fsp3) is 0.467. The molecular weight excluding hydrogens is 210 g/mol. The number of nitrogens with zero attached hydrogens (tertiary/aromatic N) is 1. The maximum absolute atomic E-state index is 12.2. The molecule has 0 bridgehead atoms. The third kappa shape index (κ3) is 3.17. The Bertz CT molecular complexity index is 431. The maximum atomic E-state index is 12.2. The largest absolute Gasteiger partial charge is 0.298 e. The predicted molar refractivity (Wildman–Crippen MR) is 68.6 cm³/mol. The van der Waals surface area contributed by atoms with Crippen LogP contribution >= 0.6 is 0 Å². The van der Waals surface area contributed by atoms with Crippen LogP contribution in [-0.4, -0.2) is 5.78 Å². The molecule has 2 unspecified atom stereocenters. The minimum absolute atomic E-state index is 0.0377. The van der Waals surface area contributed by atoms with Crippen molar-refractivity contribution < 1.29 is 4.79 Å². The molecule has 1 rings (SSSR count). The molecule has 0 heterocycles. The van der Waals surface area contributed by atoms with Gasteiger partial charge in [0.05, 0.1) is 6.07 Å². The Morgan fingerprint density at radius 2 is 2.06 bits per heavy atom. The molecule has 0 amide bonds. The Labute approximate surface area is 103 Å². The molecule has 0 aliphatic heterocycles. The lowest BCUT2D eigenvalue weighted by atomic mass is 9.85. The highest BCUT2D eigenvalue weighted by molar-refractivity contribution is 5.90. The number of nitriles is 1. The van der Waals surface area contributed by atoms with Crippen molar-refractivity contribution in [1.29, 1.82) is 5.26 Å². The van der Waals surface area contributed by atoms with E-state index in [1.165, 1.54) is 0 Å². The zero-order valence-electron chi connectivity index (χ0n) is 10.7. The molecule has 0 aliphatic rings. The number of hydrogen-bond donors (Lipinski definition) is 0. The number of carbonyl (C=O) groups excluding carboxylic acids is 1. The van der Waals surface area contributed by atoms with Gasteiger partial charge in [0.2, 0.25) is 0 Å². The van der Waals surface area contributed by atoms with Crippen LogP contribution in [0.25, 0.3) is 0 Å². The lowest BCUT2D eigenvalue weighted by Crippen LogP contribution is -2.19. The first-order chi connectivity index (χ1) is 8.11. The summed E-state index contributed by atoms with van der Waals surface area (Å²) < 4.78 is 0. The van der Waals surface area contributed by atoms with Gasteiger partial charge in [-0.15, -0.1) is 0 Å². The number of carbonyl (C=O) groups is 1. The van der Waals surface area contributed by atoms with Crippen molar-refractivity contribution in [3.8, 4) is 6.07 Å². The predicted octanol–water partition coefficient (Wildman–Crippen LogP) is 3.61. The van der Waals surface area contributed by atoms with E-state index in [0.717, 1.165) is 24.0 Å². The minimum Gasteiger partial charge on any atom is -0.298 e. The number of Topliss-reactive ketones (excluding diaryl/α,β-unsaturated/α-hetero) is 1. The van der Waals surface area contributed by atoms with E-state index in [1.807, 2.05) is 38.1 Å². The lowest BCUT2D eigenvalue weighted by molar-refractivity contribution is -0.122.